The van der Waals surface area contributed by atoms with Crippen LogP contribution in [0, 0.1) is 0 Å². The van der Waals surface area contributed by atoms with Gasteiger partial charge in [0.15, 0.2) is 0 Å². The van der Waals surface area contributed by atoms with Gasteiger partial charge in [0.1, 0.15) is 12.4 Å². The maximum Gasteiger partial charge on any atom is 0.123 e. The minimum Gasteiger partial charge on any atom is -0.502 e. The first-order valence-corrected chi connectivity index (χ1v) is 9.69. The van der Waals surface area contributed by atoms with E-state index in [-0.39, 0.29) is 5.92 Å². The highest BCUT2D eigenvalue weighted by molar-refractivity contribution is 9.10. The molecular weight excluding hydrogens is 400 g/mol. The van der Waals surface area contributed by atoms with E-state index in [0.717, 1.165) is 27.1 Å². The summed E-state index contributed by atoms with van der Waals surface area (Å²) < 4.78 is 12.6. The highest BCUT2D eigenvalue weighted by Gasteiger charge is 2.20. The van der Waals surface area contributed by atoms with Crippen molar-refractivity contribution in [3.05, 3.63) is 112 Å². The lowest BCUT2D eigenvalue weighted by atomic mass is 9.87. The topological polar surface area (TPSA) is 18.5 Å². The number of hydrogen-bond acceptors (Lipinski definition) is 2. The van der Waals surface area contributed by atoms with Gasteiger partial charge >= 0.3 is 0 Å². The summed E-state index contributed by atoms with van der Waals surface area (Å²) in [6.45, 7) is 4.56. The molecule has 1 unspecified atom stereocenters. The summed E-state index contributed by atoms with van der Waals surface area (Å²) in [5, 5.41) is 0. The lowest BCUT2D eigenvalue weighted by Gasteiger charge is -2.22. The van der Waals surface area contributed by atoms with Gasteiger partial charge in [-0.05, 0) is 29.3 Å². The van der Waals surface area contributed by atoms with Gasteiger partial charge in [0, 0.05) is 22.4 Å². The van der Waals surface area contributed by atoms with Gasteiger partial charge in [-0.3, -0.25) is 0 Å². The number of methoxy groups -OCH3 is 1. The summed E-state index contributed by atoms with van der Waals surface area (Å²) in [5.74, 6) is 1.72. The van der Waals surface area contributed by atoms with E-state index in [9.17, 15) is 0 Å². The van der Waals surface area contributed by atoms with Gasteiger partial charge in [0.2, 0.25) is 0 Å². The molecule has 138 valence electrons. The molecule has 0 heterocycles. The van der Waals surface area contributed by atoms with Crippen molar-refractivity contribution in [2.24, 2.45) is 0 Å². The van der Waals surface area contributed by atoms with Crippen molar-refractivity contribution in [1.29, 1.82) is 0 Å². The quantitative estimate of drug-likeness (QED) is 0.375. The zero-order valence-electron chi connectivity index (χ0n) is 15.4. The lowest BCUT2D eigenvalue weighted by Crippen LogP contribution is -2.07. The molecule has 0 bridgehead atoms. The summed E-state index contributed by atoms with van der Waals surface area (Å²) in [6, 6.07) is 26.8. The molecule has 27 heavy (non-hydrogen) atoms. The molecular formula is C24H23BrO2. The Kier molecular flexibility index (Phi) is 6.72. The van der Waals surface area contributed by atoms with E-state index in [2.05, 4.69) is 65.0 Å². The number of hydrogen-bond donors (Lipinski definition) is 0. The molecule has 0 fully saturated rings. The molecule has 0 aliphatic carbocycles. The first kappa shape index (κ1) is 19.2. The van der Waals surface area contributed by atoms with E-state index in [1.165, 1.54) is 5.56 Å². The normalized spacial score (nSPS) is 11.6. The average molecular weight is 423 g/mol. The van der Waals surface area contributed by atoms with Gasteiger partial charge in [0.25, 0.3) is 0 Å². The Morgan fingerprint density at radius 3 is 2.30 bits per heavy atom. The van der Waals surface area contributed by atoms with Crippen molar-refractivity contribution in [3.8, 4) is 5.75 Å². The Morgan fingerprint density at radius 2 is 1.63 bits per heavy atom. The van der Waals surface area contributed by atoms with Crippen LogP contribution in [-0.2, 0) is 11.3 Å². The SMILES string of the molecule is C=C(CC(c1ccccc1)c1cc(Br)ccc1OCc1ccccc1)OC. The Morgan fingerprint density at radius 1 is 0.963 bits per heavy atom. The molecule has 0 spiro atoms. The van der Waals surface area contributed by atoms with E-state index in [1.807, 2.05) is 36.4 Å². The van der Waals surface area contributed by atoms with Crippen LogP contribution in [0.3, 0.4) is 0 Å². The van der Waals surface area contributed by atoms with Gasteiger partial charge in [-0.15, -0.1) is 0 Å². The highest BCUT2D eigenvalue weighted by Crippen LogP contribution is 2.38. The van der Waals surface area contributed by atoms with E-state index in [0.29, 0.717) is 13.0 Å². The molecule has 0 saturated heterocycles. The van der Waals surface area contributed by atoms with E-state index < -0.39 is 0 Å². The fourth-order valence-corrected chi connectivity index (χ4v) is 3.44. The molecule has 0 aliphatic heterocycles. The largest absolute Gasteiger partial charge is 0.502 e. The second-order valence-electron chi connectivity index (χ2n) is 6.37. The van der Waals surface area contributed by atoms with Crippen LogP contribution in [-0.4, -0.2) is 7.11 Å². The summed E-state index contributed by atoms with van der Waals surface area (Å²) >= 11 is 3.61. The predicted octanol–water partition coefficient (Wildman–Crippen LogP) is 6.71. The van der Waals surface area contributed by atoms with Gasteiger partial charge in [-0.2, -0.15) is 0 Å². The minimum atomic E-state index is 0.0990. The van der Waals surface area contributed by atoms with Gasteiger partial charge in [0.05, 0.1) is 12.9 Å². The Labute approximate surface area is 169 Å². The molecule has 0 radical (unpaired) electrons. The molecule has 0 N–H and O–H groups in total. The second kappa shape index (κ2) is 9.43. The number of allylic oxidation sites excluding steroid dienone is 1. The molecule has 3 heteroatoms. The van der Waals surface area contributed by atoms with Crippen molar-refractivity contribution in [3.63, 3.8) is 0 Å². The summed E-state index contributed by atoms with van der Waals surface area (Å²) in [4.78, 5) is 0. The Balaban J connectivity index is 1.95. The van der Waals surface area contributed by atoms with Crippen LogP contribution < -0.4 is 4.74 Å². The fourth-order valence-electron chi connectivity index (χ4n) is 3.06. The Bertz CT molecular complexity index is 875. The fraction of sp³-hybridized carbons (Fsp3) is 0.167. The molecule has 1 atom stereocenters. The zero-order chi connectivity index (χ0) is 19.1. The van der Waals surface area contributed by atoms with E-state index in [4.69, 9.17) is 9.47 Å². The second-order valence-corrected chi connectivity index (χ2v) is 7.28. The molecule has 3 aromatic rings. The first-order valence-electron chi connectivity index (χ1n) is 8.90. The number of halogens is 1. The van der Waals surface area contributed by atoms with Gasteiger partial charge < -0.3 is 9.47 Å². The zero-order valence-corrected chi connectivity index (χ0v) is 17.0. The van der Waals surface area contributed by atoms with Gasteiger partial charge in [-0.1, -0.05) is 83.2 Å². The molecule has 3 rings (SSSR count). The van der Waals surface area contributed by atoms with Crippen LogP contribution in [0.5, 0.6) is 5.75 Å². The molecule has 2 nitrogen and oxygen atoms in total. The molecule has 3 aromatic carbocycles. The monoisotopic (exact) mass is 422 g/mol. The first-order chi connectivity index (χ1) is 13.2. The molecule has 0 aliphatic rings. The van der Waals surface area contributed by atoms with Crippen molar-refractivity contribution in [2.45, 2.75) is 18.9 Å². The van der Waals surface area contributed by atoms with Crippen LogP contribution >= 0.6 is 15.9 Å². The van der Waals surface area contributed by atoms with Crippen LogP contribution in [0.1, 0.15) is 29.0 Å². The van der Waals surface area contributed by atoms with Crippen molar-refractivity contribution < 1.29 is 9.47 Å². The van der Waals surface area contributed by atoms with Crippen molar-refractivity contribution >= 4 is 15.9 Å². The standard InChI is InChI=1S/C24H23BrO2/c1-18(26-2)15-22(20-11-7-4-8-12-20)23-16-21(25)13-14-24(23)27-17-19-9-5-3-6-10-19/h3-14,16,22H,1,15,17H2,2H3. The Hall–Kier alpha value is -2.52. The van der Waals surface area contributed by atoms with Crippen molar-refractivity contribution in [2.75, 3.05) is 7.11 Å². The number of ether oxygens (including phenoxy) is 2. The lowest BCUT2D eigenvalue weighted by molar-refractivity contribution is 0.272. The third-order valence-electron chi connectivity index (χ3n) is 4.51. The smallest absolute Gasteiger partial charge is 0.123 e. The van der Waals surface area contributed by atoms with Crippen LogP contribution in [0.15, 0.2) is 95.7 Å². The average Bonchev–Trinajstić information content (AvgIpc) is 2.72. The van der Waals surface area contributed by atoms with Crippen LogP contribution in [0.4, 0.5) is 0 Å². The molecule has 0 saturated carbocycles. The maximum atomic E-state index is 6.20. The van der Waals surface area contributed by atoms with Crippen LogP contribution in [0.2, 0.25) is 0 Å². The maximum absolute atomic E-state index is 6.20. The molecule has 0 aromatic heterocycles. The minimum absolute atomic E-state index is 0.0990. The summed E-state index contributed by atoms with van der Waals surface area (Å²) in [5.41, 5.74) is 3.46. The predicted molar refractivity (Wildman–Crippen MR) is 114 cm³/mol. The highest BCUT2D eigenvalue weighted by atomic mass is 79.9. The third kappa shape index (κ3) is 5.24. The number of rotatable bonds is 8. The van der Waals surface area contributed by atoms with E-state index >= 15 is 0 Å². The summed E-state index contributed by atoms with van der Waals surface area (Å²) in [7, 11) is 1.66. The van der Waals surface area contributed by atoms with Crippen LogP contribution in [0.25, 0.3) is 0 Å². The summed E-state index contributed by atoms with van der Waals surface area (Å²) in [6.07, 6.45) is 0.693. The van der Waals surface area contributed by atoms with Crippen molar-refractivity contribution in [1.82, 2.24) is 0 Å². The third-order valence-corrected chi connectivity index (χ3v) is 5.00. The number of benzene rings is 3. The van der Waals surface area contributed by atoms with E-state index in [1.54, 1.807) is 7.11 Å². The van der Waals surface area contributed by atoms with Gasteiger partial charge in [-0.25, -0.2) is 0 Å². The molecule has 0 amide bonds.